The van der Waals surface area contributed by atoms with Gasteiger partial charge in [-0.1, -0.05) is 42.8 Å². The van der Waals surface area contributed by atoms with Gasteiger partial charge in [-0.3, -0.25) is 4.79 Å². The third kappa shape index (κ3) is 3.62. The van der Waals surface area contributed by atoms with Gasteiger partial charge in [0.2, 0.25) is 0 Å². The molecule has 134 valence electrons. The number of hydrogen-bond acceptors (Lipinski definition) is 3. The molecular weight excluding hydrogens is 352 g/mol. The number of aromatic nitrogens is 1. The van der Waals surface area contributed by atoms with E-state index in [1.54, 1.807) is 11.3 Å². The van der Waals surface area contributed by atoms with Gasteiger partial charge >= 0.3 is 0 Å². The summed E-state index contributed by atoms with van der Waals surface area (Å²) in [5, 5.41) is 3.87. The Morgan fingerprint density at radius 3 is 2.56 bits per heavy atom. The van der Waals surface area contributed by atoms with Crippen LogP contribution in [-0.4, -0.2) is 10.9 Å². The molecule has 0 spiro atoms. The second kappa shape index (κ2) is 7.33. The Morgan fingerprint density at radius 1 is 1.04 bits per heavy atom. The van der Waals surface area contributed by atoms with E-state index in [9.17, 15) is 4.79 Å². The van der Waals surface area contributed by atoms with Gasteiger partial charge in [0.25, 0.3) is 5.91 Å². The summed E-state index contributed by atoms with van der Waals surface area (Å²) in [5.41, 5.74) is 4.26. The number of rotatable bonds is 4. The van der Waals surface area contributed by atoms with E-state index in [0.717, 1.165) is 39.1 Å². The van der Waals surface area contributed by atoms with E-state index in [0.29, 0.717) is 5.56 Å². The lowest BCUT2D eigenvalue weighted by Crippen LogP contribution is -2.13. The van der Waals surface area contributed by atoms with Crippen LogP contribution < -0.4 is 5.32 Å². The summed E-state index contributed by atoms with van der Waals surface area (Å²) in [5.74, 6) is -0.119. The largest absolute Gasteiger partial charge is 0.322 e. The van der Waals surface area contributed by atoms with Crippen LogP contribution in [0.3, 0.4) is 0 Å². The second-order valence-corrected chi connectivity index (χ2v) is 7.68. The molecule has 0 aliphatic heterocycles. The molecule has 2 aromatic heterocycles. The minimum absolute atomic E-state index is 0.119. The molecule has 27 heavy (non-hydrogen) atoms. The van der Waals surface area contributed by atoms with Gasteiger partial charge in [-0.25, -0.2) is 4.98 Å². The number of pyridine rings is 1. The fourth-order valence-electron chi connectivity index (χ4n) is 3.03. The van der Waals surface area contributed by atoms with Crippen molar-refractivity contribution in [2.24, 2.45) is 0 Å². The van der Waals surface area contributed by atoms with Crippen molar-refractivity contribution in [2.75, 3.05) is 5.32 Å². The molecule has 2 heterocycles. The summed E-state index contributed by atoms with van der Waals surface area (Å²) in [6, 6.07) is 21.7. The number of thiophene rings is 1. The highest BCUT2D eigenvalue weighted by Gasteiger charge is 2.15. The van der Waals surface area contributed by atoms with Crippen molar-refractivity contribution in [1.82, 2.24) is 4.98 Å². The number of nitrogens with one attached hydrogen (secondary N) is 1. The van der Waals surface area contributed by atoms with Gasteiger partial charge in [-0.2, -0.15) is 0 Å². The molecule has 0 fully saturated rings. The van der Waals surface area contributed by atoms with Gasteiger partial charge in [0.05, 0.1) is 21.7 Å². The van der Waals surface area contributed by atoms with Crippen molar-refractivity contribution in [3.63, 3.8) is 0 Å². The lowest BCUT2D eigenvalue weighted by molar-refractivity contribution is 0.102. The normalized spacial score (nSPS) is 10.9. The zero-order valence-electron chi connectivity index (χ0n) is 15.3. The number of hydrogen-bond donors (Lipinski definition) is 1. The van der Waals surface area contributed by atoms with Gasteiger partial charge in [-0.15, -0.1) is 11.3 Å². The predicted molar refractivity (Wildman–Crippen MR) is 114 cm³/mol. The van der Waals surface area contributed by atoms with Gasteiger partial charge in [0.1, 0.15) is 0 Å². The molecular formula is C23H20N2OS. The summed E-state index contributed by atoms with van der Waals surface area (Å²) in [6.07, 6.45) is 0.999. The molecule has 4 rings (SSSR count). The first-order valence-electron chi connectivity index (χ1n) is 9.01. The maximum absolute atomic E-state index is 13.0. The van der Waals surface area contributed by atoms with Crippen molar-refractivity contribution in [3.05, 3.63) is 82.7 Å². The topological polar surface area (TPSA) is 42.0 Å². The van der Waals surface area contributed by atoms with Crippen LogP contribution >= 0.6 is 11.3 Å². The van der Waals surface area contributed by atoms with Crippen LogP contribution in [0.25, 0.3) is 21.5 Å². The predicted octanol–water partition coefficient (Wildman–Crippen LogP) is 6.09. The number of carbonyl (C=O) groups is 1. The summed E-state index contributed by atoms with van der Waals surface area (Å²) in [6.45, 7) is 4.17. The van der Waals surface area contributed by atoms with E-state index in [2.05, 4.69) is 24.4 Å². The molecule has 4 aromatic rings. The summed E-state index contributed by atoms with van der Waals surface area (Å²) < 4.78 is 0. The highest BCUT2D eigenvalue weighted by atomic mass is 32.1. The zero-order chi connectivity index (χ0) is 18.8. The summed E-state index contributed by atoms with van der Waals surface area (Å²) >= 11 is 1.73. The Balaban J connectivity index is 1.78. The van der Waals surface area contributed by atoms with Crippen molar-refractivity contribution >= 4 is 33.8 Å². The van der Waals surface area contributed by atoms with E-state index in [1.165, 1.54) is 4.88 Å². The minimum atomic E-state index is -0.119. The molecule has 0 unspecified atom stereocenters. The molecule has 3 nitrogen and oxygen atoms in total. The molecule has 2 aromatic carbocycles. The van der Waals surface area contributed by atoms with Crippen LogP contribution in [0.1, 0.15) is 27.7 Å². The van der Waals surface area contributed by atoms with E-state index in [4.69, 9.17) is 4.98 Å². The number of benzene rings is 2. The molecule has 0 saturated heterocycles. The Bertz CT molecular complexity index is 1110. The van der Waals surface area contributed by atoms with Crippen LogP contribution in [0.2, 0.25) is 0 Å². The average Bonchev–Trinajstić information content (AvgIpc) is 3.18. The molecule has 0 bridgehead atoms. The van der Waals surface area contributed by atoms with Crippen LogP contribution in [0.4, 0.5) is 5.69 Å². The minimum Gasteiger partial charge on any atom is -0.322 e. The first kappa shape index (κ1) is 17.4. The lowest BCUT2D eigenvalue weighted by Gasteiger charge is -2.10. The zero-order valence-corrected chi connectivity index (χ0v) is 16.1. The van der Waals surface area contributed by atoms with Crippen molar-refractivity contribution < 1.29 is 4.79 Å². The number of para-hydroxylation sites is 1. The van der Waals surface area contributed by atoms with Crippen molar-refractivity contribution in [1.29, 1.82) is 0 Å². The molecule has 0 aliphatic rings. The van der Waals surface area contributed by atoms with Crippen LogP contribution in [0.15, 0.2) is 66.7 Å². The van der Waals surface area contributed by atoms with Crippen LogP contribution in [0, 0.1) is 6.92 Å². The van der Waals surface area contributed by atoms with Crippen molar-refractivity contribution in [3.8, 4) is 10.6 Å². The first-order chi connectivity index (χ1) is 13.1. The number of nitrogens with zero attached hydrogens (tertiary/aromatic N) is 1. The first-order valence-corrected chi connectivity index (χ1v) is 9.82. The smallest absolute Gasteiger partial charge is 0.256 e. The van der Waals surface area contributed by atoms with Crippen LogP contribution in [-0.2, 0) is 6.42 Å². The number of anilines is 1. The van der Waals surface area contributed by atoms with Crippen LogP contribution in [0.5, 0.6) is 0 Å². The highest BCUT2D eigenvalue weighted by molar-refractivity contribution is 7.15. The Labute approximate surface area is 162 Å². The Hall–Kier alpha value is -2.98. The molecule has 0 radical (unpaired) electrons. The number of carbonyl (C=O) groups excluding carboxylic acids is 1. The lowest BCUT2D eigenvalue weighted by atomic mass is 10.1. The molecule has 4 heteroatoms. The molecule has 1 N–H and O–H groups in total. The maximum atomic E-state index is 13.0. The number of amides is 1. The second-order valence-electron chi connectivity index (χ2n) is 6.51. The number of aryl methyl sites for hydroxylation is 2. The monoisotopic (exact) mass is 372 g/mol. The third-order valence-corrected chi connectivity index (χ3v) is 5.78. The fraction of sp³-hybridized carbons (Fsp3) is 0.130. The third-order valence-electron chi connectivity index (χ3n) is 4.53. The Morgan fingerprint density at radius 2 is 1.81 bits per heavy atom. The van der Waals surface area contributed by atoms with E-state index in [1.807, 2.05) is 61.5 Å². The Kier molecular flexibility index (Phi) is 4.73. The highest BCUT2D eigenvalue weighted by Crippen LogP contribution is 2.30. The number of fused-ring (bicyclic) bond motifs is 1. The molecule has 0 aliphatic carbocycles. The van der Waals surface area contributed by atoms with Crippen molar-refractivity contribution in [2.45, 2.75) is 20.3 Å². The maximum Gasteiger partial charge on any atom is 0.256 e. The SMILES string of the molecule is CCc1ccc(-c2cc(C(=O)Nc3ccc(C)cc3)c3ccccc3n2)s1. The van der Waals surface area contributed by atoms with Gasteiger partial charge < -0.3 is 5.32 Å². The van der Waals surface area contributed by atoms with Gasteiger partial charge in [0, 0.05) is 16.0 Å². The quantitative estimate of drug-likeness (QED) is 0.471. The molecule has 0 atom stereocenters. The molecule has 0 saturated carbocycles. The summed E-state index contributed by atoms with van der Waals surface area (Å²) in [7, 11) is 0. The molecule has 1 amide bonds. The van der Waals surface area contributed by atoms with E-state index in [-0.39, 0.29) is 5.91 Å². The average molecular weight is 372 g/mol. The van der Waals surface area contributed by atoms with Gasteiger partial charge in [0.15, 0.2) is 0 Å². The summed E-state index contributed by atoms with van der Waals surface area (Å²) in [4.78, 5) is 20.2. The van der Waals surface area contributed by atoms with E-state index < -0.39 is 0 Å². The van der Waals surface area contributed by atoms with Gasteiger partial charge in [-0.05, 0) is 49.7 Å². The fourth-order valence-corrected chi connectivity index (χ4v) is 3.94. The standard InChI is InChI=1S/C23H20N2OS/c1-3-17-12-13-22(27-17)21-14-19(18-6-4-5-7-20(18)25-21)23(26)24-16-10-8-15(2)9-11-16/h4-14H,3H2,1-2H3,(H,24,26). The van der Waals surface area contributed by atoms with E-state index >= 15 is 0 Å².